The molecule has 1 saturated heterocycles. The van der Waals surface area contributed by atoms with Crippen LogP contribution in [0.1, 0.15) is 18.4 Å². The Labute approximate surface area is 141 Å². The van der Waals surface area contributed by atoms with E-state index in [-0.39, 0.29) is 5.91 Å². The van der Waals surface area contributed by atoms with Gasteiger partial charge in [0.05, 0.1) is 13.5 Å². The van der Waals surface area contributed by atoms with Crippen LogP contribution in [-0.2, 0) is 11.2 Å². The van der Waals surface area contributed by atoms with Gasteiger partial charge < -0.3 is 15.0 Å². The van der Waals surface area contributed by atoms with Gasteiger partial charge in [0.15, 0.2) is 0 Å². The third-order valence-electron chi connectivity index (χ3n) is 4.17. The molecule has 0 spiro atoms. The monoisotopic (exact) mass is 330 g/mol. The third kappa shape index (κ3) is 4.26. The van der Waals surface area contributed by atoms with Crippen LogP contribution >= 0.6 is 11.3 Å². The van der Waals surface area contributed by atoms with Crippen LogP contribution in [0.2, 0.25) is 0 Å². The minimum absolute atomic E-state index is 0.227. The Bertz CT molecular complexity index is 625. The van der Waals surface area contributed by atoms with Gasteiger partial charge in [-0.25, -0.2) is 0 Å². The zero-order chi connectivity index (χ0) is 16.1. The molecule has 0 bridgehead atoms. The third-order valence-corrected chi connectivity index (χ3v) is 4.90. The number of ether oxygens (including phenoxy) is 1. The highest BCUT2D eigenvalue weighted by molar-refractivity contribution is 7.08. The van der Waals surface area contributed by atoms with E-state index in [1.807, 2.05) is 40.6 Å². The Balaban J connectivity index is 1.55. The summed E-state index contributed by atoms with van der Waals surface area (Å²) in [6.07, 6.45) is 2.65. The van der Waals surface area contributed by atoms with E-state index in [1.54, 1.807) is 18.4 Å². The van der Waals surface area contributed by atoms with E-state index < -0.39 is 0 Å². The fourth-order valence-corrected chi connectivity index (χ4v) is 3.59. The van der Waals surface area contributed by atoms with Crippen molar-refractivity contribution in [1.29, 1.82) is 0 Å². The average molecular weight is 330 g/mol. The molecule has 1 fully saturated rings. The molecular weight excluding hydrogens is 308 g/mol. The lowest BCUT2D eigenvalue weighted by molar-refractivity contribution is -0.131. The molecule has 0 aliphatic carbocycles. The SMILES string of the molecule is COc1ccc(NC2CCCN(C(=O)Cc3ccsc3)C2)cc1. The summed E-state index contributed by atoms with van der Waals surface area (Å²) in [5, 5.41) is 7.60. The highest BCUT2D eigenvalue weighted by atomic mass is 32.1. The van der Waals surface area contributed by atoms with Crippen molar-refractivity contribution in [1.82, 2.24) is 4.90 Å². The molecule has 2 aromatic rings. The Morgan fingerprint density at radius 3 is 2.87 bits per heavy atom. The van der Waals surface area contributed by atoms with Crippen molar-refractivity contribution >= 4 is 22.9 Å². The Morgan fingerprint density at radius 1 is 1.35 bits per heavy atom. The molecule has 1 aromatic carbocycles. The summed E-state index contributed by atoms with van der Waals surface area (Å²) in [6, 6.07) is 10.3. The van der Waals surface area contributed by atoms with Gasteiger partial charge in [0.1, 0.15) is 5.75 Å². The van der Waals surface area contributed by atoms with E-state index in [1.165, 1.54) is 0 Å². The molecule has 1 aliphatic heterocycles. The molecule has 0 saturated carbocycles. The number of hydrogen-bond donors (Lipinski definition) is 1. The van der Waals surface area contributed by atoms with Crippen LogP contribution in [-0.4, -0.2) is 37.0 Å². The average Bonchev–Trinajstić information content (AvgIpc) is 3.09. The van der Waals surface area contributed by atoms with Gasteiger partial charge in [-0.2, -0.15) is 11.3 Å². The van der Waals surface area contributed by atoms with Crippen molar-refractivity contribution in [3.05, 3.63) is 46.7 Å². The van der Waals surface area contributed by atoms with Crippen molar-refractivity contribution in [3.8, 4) is 5.75 Å². The maximum atomic E-state index is 12.4. The van der Waals surface area contributed by atoms with Crippen LogP contribution in [0.4, 0.5) is 5.69 Å². The molecule has 2 heterocycles. The highest BCUT2D eigenvalue weighted by Gasteiger charge is 2.23. The number of carbonyl (C=O) groups is 1. The van der Waals surface area contributed by atoms with Gasteiger partial charge in [-0.1, -0.05) is 0 Å². The molecule has 5 heteroatoms. The Morgan fingerprint density at radius 2 is 2.17 bits per heavy atom. The fourth-order valence-electron chi connectivity index (χ4n) is 2.92. The second-order valence-electron chi connectivity index (χ2n) is 5.86. The predicted molar refractivity (Wildman–Crippen MR) is 94.2 cm³/mol. The first-order chi connectivity index (χ1) is 11.2. The molecule has 3 rings (SSSR count). The van der Waals surface area contributed by atoms with Gasteiger partial charge in [-0.15, -0.1) is 0 Å². The van der Waals surface area contributed by atoms with Crippen LogP contribution in [0.5, 0.6) is 5.75 Å². The topological polar surface area (TPSA) is 41.6 Å². The maximum absolute atomic E-state index is 12.4. The van der Waals surface area contributed by atoms with Crippen molar-refractivity contribution in [2.24, 2.45) is 0 Å². The summed E-state index contributed by atoms with van der Waals surface area (Å²) < 4.78 is 5.18. The van der Waals surface area contributed by atoms with Gasteiger partial charge in [0, 0.05) is 24.8 Å². The van der Waals surface area contributed by atoms with Crippen LogP contribution in [0, 0.1) is 0 Å². The summed E-state index contributed by atoms with van der Waals surface area (Å²) in [4.78, 5) is 14.4. The van der Waals surface area contributed by atoms with Gasteiger partial charge >= 0.3 is 0 Å². The van der Waals surface area contributed by atoms with Gasteiger partial charge in [-0.05, 0) is 59.5 Å². The van der Waals surface area contributed by atoms with E-state index in [0.717, 1.165) is 42.9 Å². The largest absolute Gasteiger partial charge is 0.497 e. The smallest absolute Gasteiger partial charge is 0.227 e. The van der Waals surface area contributed by atoms with Crippen LogP contribution in [0.3, 0.4) is 0 Å². The van der Waals surface area contributed by atoms with Crippen molar-refractivity contribution < 1.29 is 9.53 Å². The van der Waals surface area contributed by atoms with E-state index in [4.69, 9.17) is 4.74 Å². The minimum atomic E-state index is 0.227. The number of hydrogen-bond acceptors (Lipinski definition) is 4. The number of nitrogens with zero attached hydrogens (tertiary/aromatic N) is 1. The molecule has 0 radical (unpaired) electrons. The number of likely N-dealkylation sites (tertiary alicyclic amines) is 1. The summed E-state index contributed by atoms with van der Waals surface area (Å²) in [5.74, 6) is 1.08. The van der Waals surface area contributed by atoms with E-state index in [2.05, 4.69) is 10.7 Å². The molecule has 1 N–H and O–H groups in total. The van der Waals surface area contributed by atoms with Crippen LogP contribution in [0.25, 0.3) is 0 Å². The summed E-state index contributed by atoms with van der Waals surface area (Å²) >= 11 is 1.64. The second kappa shape index (κ2) is 7.51. The van der Waals surface area contributed by atoms with Crippen LogP contribution in [0.15, 0.2) is 41.1 Å². The quantitative estimate of drug-likeness (QED) is 0.913. The van der Waals surface area contributed by atoms with Gasteiger partial charge in [0.25, 0.3) is 0 Å². The van der Waals surface area contributed by atoms with Crippen LogP contribution < -0.4 is 10.1 Å². The number of amides is 1. The van der Waals surface area contributed by atoms with Crippen molar-refractivity contribution in [2.45, 2.75) is 25.3 Å². The lowest BCUT2D eigenvalue weighted by atomic mass is 10.0. The normalized spacial score (nSPS) is 17.8. The zero-order valence-electron chi connectivity index (χ0n) is 13.3. The van der Waals surface area contributed by atoms with E-state index >= 15 is 0 Å². The minimum Gasteiger partial charge on any atom is -0.497 e. The van der Waals surface area contributed by atoms with Crippen molar-refractivity contribution in [3.63, 3.8) is 0 Å². The Hall–Kier alpha value is -2.01. The molecule has 4 nitrogen and oxygen atoms in total. The molecule has 23 heavy (non-hydrogen) atoms. The maximum Gasteiger partial charge on any atom is 0.227 e. The number of methoxy groups -OCH3 is 1. The van der Waals surface area contributed by atoms with E-state index in [9.17, 15) is 4.79 Å². The number of thiophene rings is 1. The standard InChI is InChI=1S/C18H22N2O2S/c1-22-17-6-4-15(5-7-17)19-16-3-2-9-20(12-16)18(21)11-14-8-10-23-13-14/h4-8,10,13,16,19H,2-3,9,11-12H2,1H3. The first kappa shape index (κ1) is 15.9. The molecule has 1 aliphatic rings. The van der Waals surface area contributed by atoms with Gasteiger partial charge in [0.2, 0.25) is 5.91 Å². The lowest BCUT2D eigenvalue weighted by Gasteiger charge is -2.33. The fraction of sp³-hybridized carbons (Fsp3) is 0.389. The molecular formula is C18H22N2O2S. The number of piperidine rings is 1. The molecule has 1 unspecified atom stereocenters. The van der Waals surface area contributed by atoms with E-state index in [0.29, 0.717) is 12.5 Å². The number of benzene rings is 1. The lowest BCUT2D eigenvalue weighted by Crippen LogP contribution is -2.45. The number of rotatable bonds is 5. The summed E-state index contributed by atoms with van der Waals surface area (Å²) in [7, 11) is 1.67. The summed E-state index contributed by atoms with van der Waals surface area (Å²) in [5.41, 5.74) is 2.19. The number of anilines is 1. The van der Waals surface area contributed by atoms with Gasteiger partial charge in [-0.3, -0.25) is 4.79 Å². The van der Waals surface area contributed by atoms with Crippen molar-refractivity contribution in [2.75, 3.05) is 25.5 Å². The highest BCUT2D eigenvalue weighted by Crippen LogP contribution is 2.20. The number of carbonyl (C=O) groups excluding carboxylic acids is 1. The predicted octanol–water partition coefficient (Wildman–Crippen LogP) is 3.40. The number of nitrogens with one attached hydrogen (secondary N) is 1. The first-order valence-electron chi connectivity index (χ1n) is 7.94. The molecule has 1 atom stereocenters. The zero-order valence-corrected chi connectivity index (χ0v) is 14.1. The molecule has 122 valence electrons. The Kier molecular flexibility index (Phi) is 5.18. The summed E-state index contributed by atoms with van der Waals surface area (Å²) in [6.45, 7) is 1.64. The molecule has 1 amide bonds. The first-order valence-corrected chi connectivity index (χ1v) is 8.88. The molecule has 1 aromatic heterocycles. The second-order valence-corrected chi connectivity index (χ2v) is 6.64.